The molecule has 0 radical (unpaired) electrons. The third-order valence-corrected chi connectivity index (χ3v) is 0. The maximum Gasteiger partial charge on any atom is 2.00 e. The van der Waals surface area contributed by atoms with E-state index >= 15 is 0 Å². The number of hydrogen-bond donors (Lipinski definition) is 0. The smallest absolute Gasteiger partial charge is 1.00 e. The van der Waals surface area contributed by atoms with Gasteiger partial charge < -0.3 is 30.3 Å². The summed E-state index contributed by atoms with van der Waals surface area (Å²) in [6.45, 7) is 0. The summed E-state index contributed by atoms with van der Waals surface area (Å²) in [5, 5.41) is 0. The van der Waals surface area contributed by atoms with Gasteiger partial charge in [0.1, 0.15) is 0 Å². The minimum atomic E-state index is 0. The molecular formula is HCl2CrO-. The molecule has 0 atom stereocenters. The van der Waals surface area contributed by atoms with Crippen LogP contribution in [0.3, 0.4) is 0 Å². The minimum Gasteiger partial charge on any atom is -1.00 e. The molecule has 28 valence electrons. The molecule has 0 aromatic rings. The second-order valence-electron chi connectivity index (χ2n) is 0. The molecule has 0 fully saturated rings. The zero-order valence-corrected chi connectivity index (χ0v) is 4.40. The van der Waals surface area contributed by atoms with Crippen LogP contribution in [0, 0.1) is 0 Å². The maximum absolute atomic E-state index is 0. The summed E-state index contributed by atoms with van der Waals surface area (Å²) in [4.78, 5) is 0. The summed E-state index contributed by atoms with van der Waals surface area (Å²) in [5.74, 6) is 0. The van der Waals surface area contributed by atoms with Gasteiger partial charge in [-0.2, -0.15) is 0 Å². The van der Waals surface area contributed by atoms with Crippen molar-refractivity contribution in [1.82, 2.24) is 0 Å². The van der Waals surface area contributed by atoms with Crippen molar-refractivity contribution in [3.05, 3.63) is 0 Å². The van der Waals surface area contributed by atoms with Crippen molar-refractivity contribution in [2.75, 3.05) is 0 Å². The molecule has 1 N–H and O–H groups in total. The van der Waals surface area contributed by atoms with Gasteiger partial charge in [0, 0.05) is 0 Å². The van der Waals surface area contributed by atoms with Crippen molar-refractivity contribution in [3.8, 4) is 0 Å². The van der Waals surface area contributed by atoms with E-state index in [4.69, 9.17) is 0 Å². The Hall–Kier alpha value is 1.07. The quantitative estimate of drug-likeness (QED) is 0.329. The van der Waals surface area contributed by atoms with Crippen LogP contribution in [0.2, 0.25) is 0 Å². The Labute approximate surface area is 48.0 Å². The van der Waals surface area contributed by atoms with Gasteiger partial charge in [0.05, 0.1) is 0 Å². The van der Waals surface area contributed by atoms with Gasteiger partial charge in [-0.05, 0) is 0 Å². The number of hydrogen-bond acceptors (Lipinski definition) is 1. The first-order chi connectivity index (χ1) is 0. The third-order valence-electron chi connectivity index (χ3n) is 0. The van der Waals surface area contributed by atoms with Gasteiger partial charge in [0.25, 0.3) is 0 Å². The van der Waals surface area contributed by atoms with Crippen LogP contribution in [0.25, 0.3) is 0 Å². The Bertz CT molecular complexity index is 6.00. The summed E-state index contributed by atoms with van der Waals surface area (Å²) in [6, 6.07) is 0. The molecule has 4 heavy (non-hydrogen) atoms. The predicted octanol–water partition coefficient (Wildman–Crippen LogP) is -6.17. The van der Waals surface area contributed by atoms with Gasteiger partial charge in [-0.1, -0.05) is 0 Å². The van der Waals surface area contributed by atoms with Crippen LogP contribution in [0.4, 0.5) is 0 Å². The summed E-state index contributed by atoms with van der Waals surface area (Å²) in [6.07, 6.45) is 0. The molecule has 0 aliphatic heterocycles. The molecule has 0 spiro atoms. The van der Waals surface area contributed by atoms with E-state index in [1.54, 1.807) is 0 Å². The summed E-state index contributed by atoms with van der Waals surface area (Å²) < 4.78 is 0. The zero-order valence-electron chi connectivity index (χ0n) is 1.61. The molecule has 0 rings (SSSR count). The summed E-state index contributed by atoms with van der Waals surface area (Å²) in [5.41, 5.74) is 0. The fraction of sp³-hybridized carbons (Fsp3) is 0. The van der Waals surface area contributed by atoms with Crippen molar-refractivity contribution >= 4 is 0 Å². The Kier molecular flexibility index (Phi) is 611. The molecule has 1 nitrogen and oxygen atoms in total. The topological polar surface area (TPSA) is 30.0 Å². The first kappa shape index (κ1) is 73.1. The molecule has 0 aromatic heterocycles. The molecule has 0 saturated heterocycles. The molecule has 0 aliphatic carbocycles. The number of halogens is 2. The molecule has 0 aliphatic rings. The van der Waals surface area contributed by atoms with Crippen LogP contribution in [0.1, 0.15) is 0 Å². The molecule has 0 aromatic carbocycles. The SMILES string of the molecule is [Cl-].[Cl-].[Cr+2].[OH-]. The van der Waals surface area contributed by atoms with Crippen molar-refractivity contribution in [2.24, 2.45) is 0 Å². The Morgan fingerprint density at radius 3 is 0.750 bits per heavy atom. The minimum absolute atomic E-state index is 0. The molecule has 4 heteroatoms. The van der Waals surface area contributed by atoms with Gasteiger partial charge in [-0.15, -0.1) is 0 Å². The molecule has 0 amide bonds. The summed E-state index contributed by atoms with van der Waals surface area (Å²) >= 11 is 0. The van der Waals surface area contributed by atoms with Crippen LogP contribution in [-0.4, -0.2) is 5.48 Å². The van der Waals surface area contributed by atoms with Crippen molar-refractivity contribution in [1.29, 1.82) is 0 Å². The van der Waals surface area contributed by atoms with Gasteiger partial charge in [-0.3, -0.25) is 0 Å². The van der Waals surface area contributed by atoms with Crippen molar-refractivity contribution < 1.29 is 47.7 Å². The molecular weight excluding hydrogens is 139 g/mol. The van der Waals surface area contributed by atoms with Crippen molar-refractivity contribution in [3.63, 3.8) is 0 Å². The van der Waals surface area contributed by atoms with E-state index in [-0.39, 0.29) is 47.7 Å². The van der Waals surface area contributed by atoms with Crippen LogP contribution in [-0.2, 0) is 17.4 Å². The van der Waals surface area contributed by atoms with Crippen LogP contribution in [0.5, 0.6) is 0 Å². The fourth-order valence-corrected chi connectivity index (χ4v) is 0. The van der Waals surface area contributed by atoms with E-state index < -0.39 is 0 Å². The van der Waals surface area contributed by atoms with Gasteiger partial charge >= 0.3 is 17.4 Å². The van der Waals surface area contributed by atoms with E-state index in [1.165, 1.54) is 0 Å². The van der Waals surface area contributed by atoms with Gasteiger partial charge in [0.15, 0.2) is 0 Å². The first-order valence-corrected chi connectivity index (χ1v) is 0. The van der Waals surface area contributed by atoms with Gasteiger partial charge in [0.2, 0.25) is 0 Å². The van der Waals surface area contributed by atoms with E-state index in [1.807, 2.05) is 0 Å². The normalized spacial score (nSPS) is 0. The number of rotatable bonds is 0. The molecule has 0 bridgehead atoms. The predicted molar refractivity (Wildman–Crippen MR) is 1.94 cm³/mol. The molecule has 0 saturated carbocycles. The zero-order chi connectivity index (χ0) is 0. The standard InChI is InChI=1S/2ClH.Cr.H2O/h2*1H;;1H2/q;;+2;/p-3. The average molecular weight is 140 g/mol. The maximum atomic E-state index is 0. The van der Waals surface area contributed by atoms with Crippen LogP contribution >= 0.6 is 0 Å². The average Bonchev–Trinajstić information content (AvgIpc) is 0. The van der Waals surface area contributed by atoms with E-state index in [0.717, 1.165) is 0 Å². The monoisotopic (exact) mass is 139 g/mol. The molecule has 0 unspecified atom stereocenters. The van der Waals surface area contributed by atoms with E-state index in [0.29, 0.717) is 0 Å². The fourth-order valence-electron chi connectivity index (χ4n) is 0. The first-order valence-electron chi connectivity index (χ1n) is 0. The van der Waals surface area contributed by atoms with Crippen LogP contribution in [0.15, 0.2) is 0 Å². The van der Waals surface area contributed by atoms with Gasteiger partial charge in [-0.25, -0.2) is 0 Å². The van der Waals surface area contributed by atoms with Crippen molar-refractivity contribution in [2.45, 2.75) is 0 Å². The summed E-state index contributed by atoms with van der Waals surface area (Å²) in [7, 11) is 0. The Morgan fingerprint density at radius 1 is 0.750 bits per heavy atom. The largest absolute Gasteiger partial charge is 2.00 e. The Balaban J connectivity index is 0. The Morgan fingerprint density at radius 2 is 0.750 bits per heavy atom. The van der Waals surface area contributed by atoms with E-state index in [9.17, 15) is 0 Å². The second kappa shape index (κ2) is 33.4. The van der Waals surface area contributed by atoms with E-state index in [2.05, 4.69) is 0 Å². The second-order valence-corrected chi connectivity index (χ2v) is 0. The molecule has 0 heterocycles. The third kappa shape index (κ3) is 11.5. The van der Waals surface area contributed by atoms with Crippen LogP contribution < -0.4 is 24.8 Å².